The molecule has 0 saturated carbocycles. The molecule has 2 aromatic carbocycles. The minimum Gasteiger partial charge on any atom is -0.459 e. The first-order valence-electron chi connectivity index (χ1n) is 11.7. The molecule has 0 aromatic heterocycles. The van der Waals surface area contributed by atoms with Gasteiger partial charge < -0.3 is 10.1 Å². The summed E-state index contributed by atoms with van der Waals surface area (Å²) in [7, 11) is 0. The second-order valence-corrected chi connectivity index (χ2v) is 10.0. The van der Waals surface area contributed by atoms with E-state index in [9.17, 15) is 9.59 Å². The quantitative estimate of drug-likeness (QED) is 0.451. The van der Waals surface area contributed by atoms with Crippen LogP contribution in [0, 0.1) is 6.92 Å². The number of esters is 1. The predicted molar refractivity (Wildman–Crippen MR) is 136 cm³/mol. The number of ether oxygens (including phenoxy) is 1. The van der Waals surface area contributed by atoms with E-state index in [1.807, 2.05) is 26.8 Å². The van der Waals surface area contributed by atoms with Crippen LogP contribution in [0.15, 0.2) is 65.0 Å². The Morgan fingerprint density at radius 3 is 2.38 bits per heavy atom. The Balaban J connectivity index is 1.79. The first kappa shape index (κ1) is 24.6. The summed E-state index contributed by atoms with van der Waals surface area (Å²) in [6.07, 6.45) is 1.54. The maximum Gasteiger partial charge on any atom is 0.337 e. The van der Waals surface area contributed by atoms with Crippen molar-refractivity contribution in [3.63, 3.8) is 0 Å². The van der Waals surface area contributed by atoms with Gasteiger partial charge in [-0.25, -0.2) is 4.79 Å². The van der Waals surface area contributed by atoms with E-state index in [4.69, 9.17) is 27.9 Å². The summed E-state index contributed by atoms with van der Waals surface area (Å²) in [5, 5.41) is 4.19. The van der Waals surface area contributed by atoms with Crippen LogP contribution in [0.1, 0.15) is 68.6 Å². The molecule has 4 nitrogen and oxygen atoms in total. The second kappa shape index (κ2) is 9.97. The number of aryl methyl sites for hydroxylation is 1. The zero-order valence-corrected chi connectivity index (χ0v) is 21.4. The van der Waals surface area contributed by atoms with Crippen molar-refractivity contribution in [3.8, 4) is 0 Å². The van der Waals surface area contributed by atoms with Gasteiger partial charge in [0.05, 0.1) is 21.7 Å². The van der Waals surface area contributed by atoms with Gasteiger partial charge in [-0.2, -0.15) is 0 Å². The fourth-order valence-electron chi connectivity index (χ4n) is 4.74. The fourth-order valence-corrected chi connectivity index (χ4v) is 5.05. The van der Waals surface area contributed by atoms with Crippen LogP contribution in [0.2, 0.25) is 10.0 Å². The fraction of sp³-hybridized carbons (Fsp3) is 0.357. The SMILES string of the molecule is CCC(C)OC(=O)C1=C(C)NC2=C(C(=O)CC(c3ccc(C)cc3)C2)C1c1ccc(Cl)c(Cl)c1. The molecule has 0 saturated heterocycles. The number of nitrogens with one attached hydrogen (secondary N) is 1. The number of carbonyl (C=O) groups is 2. The normalized spacial score (nSPS) is 21.2. The van der Waals surface area contributed by atoms with Crippen molar-refractivity contribution in [2.45, 2.75) is 64.9 Å². The largest absolute Gasteiger partial charge is 0.459 e. The van der Waals surface area contributed by atoms with Crippen LogP contribution < -0.4 is 5.32 Å². The van der Waals surface area contributed by atoms with Gasteiger partial charge in [-0.05, 0) is 62.8 Å². The maximum atomic E-state index is 13.6. The van der Waals surface area contributed by atoms with Gasteiger partial charge >= 0.3 is 5.97 Å². The average Bonchev–Trinajstić information content (AvgIpc) is 2.80. The lowest BCUT2D eigenvalue weighted by molar-refractivity contribution is -0.144. The highest BCUT2D eigenvalue weighted by atomic mass is 35.5. The van der Waals surface area contributed by atoms with Crippen molar-refractivity contribution in [1.82, 2.24) is 5.32 Å². The summed E-state index contributed by atoms with van der Waals surface area (Å²) >= 11 is 12.5. The minimum atomic E-state index is -0.561. The number of Topliss-reactive ketones (excluding diaryl/α,β-unsaturated/α-hetero) is 1. The first-order valence-corrected chi connectivity index (χ1v) is 12.4. The van der Waals surface area contributed by atoms with Crippen LogP contribution in [0.5, 0.6) is 0 Å². The molecule has 0 amide bonds. The van der Waals surface area contributed by atoms with Crippen molar-refractivity contribution in [3.05, 3.63) is 91.7 Å². The summed E-state index contributed by atoms with van der Waals surface area (Å²) < 4.78 is 5.70. The Hall–Kier alpha value is -2.56. The highest BCUT2D eigenvalue weighted by Gasteiger charge is 2.41. The lowest BCUT2D eigenvalue weighted by Crippen LogP contribution is -2.36. The highest BCUT2D eigenvalue weighted by Crippen LogP contribution is 2.46. The minimum absolute atomic E-state index is 0.0248. The molecule has 2 aromatic rings. The Morgan fingerprint density at radius 1 is 1.06 bits per heavy atom. The second-order valence-electron chi connectivity index (χ2n) is 9.23. The molecule has 0 spiro atoms. The molecule has 1 N–H and O–H groups in total. The molecule has 2 aliphatic rings. The van der Waals surface area contributed by atoms with Crippen molar-refractivity contribution in [2.24, 2.45) is 0 Å². The van der Waals surface area contributed by atoms with Crippen molar-refractivity contribution in [2.75, 3.05) is 0 Å². The molecule has 3 unspecified atom stereocenters. The van der Waals surface area contributed by atoms with E-state index in [1.54, 1.807) is 12.1 Å². The highest BCUT2D eigenvalue weighted by molar-refractivity contribution is 6.42. The standard InChI is InChI=1S/C28H29Cl2NO3/c1-5-16(3)34-28(33)25-17(4)31-23-13-20(18-8-6-15(2)7-9-18)14-24(32)27(23)26(25)19-10-11-21(29)22(30)12-19/h6-12,16,20,26,31H,5,13-14H2,1-4H3. The first-order chi connectivity index (χ1) is 16.2. The van der Waals surface area contributed by atoms with E-state index in [-0.39, 0.29) is 17.8 Å². The number of rotatable bonds is 5. The van der Waals surface area contributed by atoms with Gasteiger partial charge in [0, 0.05) is 29.3 Å². The predicted octanol–water partition coefficient (Wildman–Crippen LogP) is 7.01. The molecule has 1 heterocycles. The molecule has 0 bridgehead atoms. The number of benzene rings is 2. The van der Waals surface area contributed by atoms with E-state index in [1.165, 1.54) is 5.56 Å². The summed E-state index contributed by atoms with van der Waals surface area (Å²) in [5.74, 6) is -0.878. The van der Waals surface area contributed by atoms with Gasteiger partial charge in [-0.3, -0.25) is 4.79 Å². The van der Waals surface area contributed by atoms with Gasteiger partial charge in [0.15, 0.2) is 5.78 Å². The summed E-state index contributed by atoms with van der Waals surface area (Å²) in [5.41, 5.74) is 5.69. The Morgan fingerprint density at radius 2 is 1.74 bits per heavy atom. The Bertz CT molecular complexity index is 1200. The van der Waals surface area contributed by atoms with Crippen LogP contribution in [-0.2, 0) is 14.3 Å². The van der Waals surface area contributed by atoms with E-state index < -0.39 is 11.9 Å². The Labute approximate surface area is 211 Å². The molecule has 0 radical (unpaired) electrons. The van der Waals surface area contributed by atoms with E-state index in [0.717, 1.165) is 16.8 Å². The lowest BCUT2D eigenvalue weighted by atomic mass is 9.71. The van der Waals surface area contributed by atoms with E-state index in [0.29, 0.717) is 46.2 Å². The third-order valence-corrected chi connectivity index (χ3v) is 7.50. The third kappa shape index (κ3) is 4.80. The summed E-state index contributed by atoms with van der Waals surface area (Å²) in [6.45, 7) is 7.74. The molecule has 4 rings (SSSR count). The number of hydrogen-bond acceptors (Lipinski definition) is 4. The molecule has 3 atom stereocenters. The molecule has 34 heavy (non-hydrogen) atoms. The summed E-state index contributed by atoms with van der Waals surface area (Å²) in [4.78, 5) is 26.9. The number of ketones is 1. The van der Waals surface area contributed by atoms with E-state index >= 15 is 0 Å². The molecular formula is C28H29Cl2NO3. The van der Waals surface area contributed by atoms with E-state index in [2.05, 4.69) is 36.5 Å². The van der Waals surface area contributed by atoms with Crippen molar-refractivity contribution in [1.29, 1.82) is 0 Å². The van der Waals surface area contributed by atoms with Crippen LogP contribution in [-0.4, -0.2) is 17.9 Å². The number of allylic oxidation sites excluding steroid dienone is 3. The monoisotopic (exact) mass is 497 g/mol. The van der Waals surface area contributed by atoms with Crippen molar-refractivity contribution < 1.29 is 14.3 Å². The average molecular weight is 498 g/mol. The molecule has 0 fully saturated rings. The molecule has 6 heteroatoms. The zero-order chi connectivity index (χ0) is 24.6. The number of halogens is 2. The number of dihydropyridines is 1. The molecular weight excluding hydrogens is 469 g/mol. The number of hydrogen-bond donors (Lipinski definition) is 1. The van der Waals surface area contributed by atoms with Crippen LogP contribution in [0.3, 0.4) is 0 Å². The van der Waals surface area contributed by atoms with Crippen LogP contribution in [0.4, 0.5) is 0 Å². The van der Waals surface area contributed by atoms with Crippen LogP contribution in [0.25, 0.3) is 0 Å². The van der Waals surface area contributed by atoms with Crippen LogP contribution >= 0.6 is 23.2 Å². The third-order valence-electron chi connectivity index (χ3n) is 6.76. The topological polar surface area (TPSA) is 55.4 Å². The van der Waals surface area contributed by atoms with Gasteiger partial charge in [-0.15, -0.1) is 0 Å². The smallest absolute Gasteiger partial charge is 0.337 e. The molecule has 1 aliphatic carbocycles. The zero-order valence-electron chi connectivity index (χ0n) is 19.9. The van der Waals surface area contributed by atoms with Crippen molar-refractivity contribution >= 4 is 35.0 Å². The van der Waals surface area contributed by atoms with Gasteiger partial charge in [0.25, 0.3) is 0 Å². The molecule has 178 valence electrons. The Kier molecular flexibility index (Phi) is 7.20. The van der Waals surface area contributed by atoms with Gasteiger partial charge in [0.2, 0.25) is 0 Å². The summed E-state index contributed by atoms with van der Waals surface area (Å²) in [6, 6.07) is 13.6. The lowest BCUT2D eigenvalue weighted by Gasteiger charge is -2.37. The number of carbonyl (C=O) groups excluding carboxylic acids is 2. The van der Waals surface area contributed by atoms with Gasteiger partial charge in [-0.1, -0.05) is 66.0 Å². The van der Waals surface area contributed by atoms with Gasteiger partial charge in [0.1, 0.15) is 0 Å². The maximum absolute atomic E-state index is 13.6. The molecule has 1 aliphatic heterocycles.